The van der Waals surface area contributed by atoms with Crippen LogP contribution in [0.5, 0.6) is 0 Å². The molecule has 0 bridgehead atoms. The van der Waals surface area contributed by atoms with Crippen molar-refractivity contribution in [2.24, 2.45) is 4.40 Å². The molecule has 58 valence electrons. The van der Waals surface area contributed by atoms with Crippen molar-refractivity contribution < 1.29 is 4.21 Å². The topological polar surface area (TPSA) is 29.4 Å². The van der Waals surface area contributed by atoms with E-state index in [0.717, 1.165) is 5.56 Å². The Hall–Kier alpha value is -0.960. The molecule has 0 spiro atoms. The summed E-state index contributed by atoms with van der Waals surface area (Å²) in [6, 6.07) is 7.39. The molecule has 0 aliphatic carbocycles. The largest absolute Gasteiger partial charge is 0.230 e. The molecule has 1 aromatic carbocycles. The summed E-state index contributed by atoms with van der Waals surface area (Å²) in [6.07, 6.45) is 0. The van der Waals surface area contributed by atoms with Crippen molar-refractivity contribution in [3.63, 3.8) is 0 Å². The molecule has 2 nitrogen and oxygen atoms in total. The van der Waals surface area contributed by atoms with Crippen LogP contribution in [0.2, 0.25) is 0 Å². The first-order valence-corrected chi connectivity index (χ1v) is 4.30. The Morgan fingerprint density at radius 2 is 1.91 bits per heavy atom. The molecule has 0 N–H and O–H groups in total. The molecule has 0 aromatic heterocycles. The van der Waals surface area contributed by atoms with Gasteiger partial charge in [-0.25, -0.2) is 4.21 Å². The van der Waals surface area contributed by atoms with Crippen LogP contribution in [0.1, 0.15) is 5.56 Å². The van der Waals surface area contributed by atoms with E-state index >= 15 is 0 Å². The Balaban J connectivity index is 2.98. The Morgan fingerprint density at radius 1 is 1.36 bits per heavy atom. The zero-order valence-electron chi connectivity index (χ0n) is 6.28. The predicted octanol–water partition coefficient (Wildman–Crippen LogP) is 1.72. The summed E-state index contributed by atoms with van der Waals surface area (Å²) in [7, 11) is -1.28. The molecular formula is C8H9NOS. The van der Waals surface area contributed by atoms with Gasteiger partial charge in [0.2, 0.25) is 0 Å². The molecule has 1 atom stereocenters. The summed E-state index contributed by atoms with van der Waals surface area (Å²) >= 11 is 0. The zero-order chi connectivity index (χ0) is 8.27. The molecule has 0 saturated heterocycles. The van der Waals surface area contributed by atoms with Gasteiger partial charge in [-0.05, 0) is 19.1 Å². The van der Waals surface area contributed by atoms with Gasteiger partial charge in [-0.3, -0.25) is 0 Å². The van der Waals surface area contributed by atoms with E-state index in [1.807, 2.05) is 19.1 Å². The minimum atomic E-state index is -1.28. The van der Waals surface area contributed by atoms with Crippen molar-refractivity contribution in [1.82, 2.24) is 0 Å². The number of benzene rings is 1. The van der Waals surface area contributed by atoms with Gasteiger partial charge in [-0.2, -0.15) is 4.40 Å². The van der Waals surface area contributed by atoms with Gasteiger partial charge in [-0.1, -0.05) is 17.7 Å². The normalized spacial score (nSPS) is 12.5. The number of hydrogen-bond acceptors (Lipinski definition) is 1. The van der Waals surface area contributed by atoms with Gasteiger partial charge in [0.1, 0.15) is 0 Å². The van der Waals surface area contributed by atoms with Crippen LogP contribution in [0.15, 0.2) is 33.6 Å². The highest BCUT2D eigenvalue weighted by molar-refractivity contribution is 7.83. The molecule has 3 heteroatoms. The molecule has 11 heavy (non-hydrogen) atoms. The second-order valence-electron chi connectivity index (χ2n) is 2.19. The minimum Gasteiger partial charge on any atom is -0.230 e. The van der Waals surface area contributed by atoms with Crippen molar-refractivity contribution in [2.75, 3.05) is 0 Å². The van der Waals surface area contributed by atoms with E-state index in [1.165, 1.54) is 0 Å². The summed E-state index contributed by atoms with van der Waals surface area (Å²) in [5, 5.41) is 0. The third kappa shape index (κ3) is 1.98. The van der Waals surface area contributed by atoms with Gasteiger partial charge in [0, 0.05) is 6.72 Å². The molecule has 0 fully saturated rings. The lowest BCUT2D eigenvalue weighted by Gasteiger charge is -1.94. The van der Waals surface area contributed by atoms with Crippen LogP contribution in [0.4, 0.5) is 0 Å². The molecule has 0 heterocycles. The van der Waals surface area contributed by atoms with Gasteiger partial charge in [0.05, 0.1) is 4.90 Å². The van der Waals surface area contributed by atoms with Crippen molar-refractivity contribution in [2.45, 2.75) is 11.8 Å². The van der Waals surface area contributed by atoms with Crippen molar-refractivity contribution in [3.05, 3.63) is 29.8 Å². The second kappa shape index (κ2) is 3.44. The standard InChI is InChI=1S/C8H9NOS/c1-7-3-5-8(6-4-7)11(10)9-2/h3-6H,2H2,1H3. The van der Waals surface area contributed by atoms with Crippen molar-refractivity contribution in [3.8, 4) is 0 Å². The summed E-state index contributed by atoms with van der Waals surface area (Å²) in [4.78, 5) is 0.700. The van der Waals surface area contributed by atoms with Crippen molar-refractivity contribution in [1.29, 1.82) is 0 Å². The van der Waals surface area contributed by atoms with Crippen LogP contribution < -0.4 is 0 Å². The lowest BCUT2D eigenvalue weighted by atomic mass is 10.2. The highest BCUT2D eigenvalue weighted by Gasteiger charge is 1.97. The maximum Gasteiger partial charge on any atom is 0.171 e. The summed E-state index contributed by atoms with van der Waals surface area (Å²) < 4.78 is 14.4. The lowest BCUT2D eigenvalue weighted by molar-refractivity contribution is 0.684. The monoisotopic (exact) mass is 167 g/mol. The lowest BCUT2D eigenvalue weighted by Crippen LogP contribution is -1.84. The second-order valence-corrected chi connectivity index (χ2v) is 3.42. The van der Waals surface area contributed by atoms with Crippen LogP contribution in [-0.4, -0.2) is 10.9 Å². The van der Waals surface area contributed by atoms with E-state index in [9.17, 15) is 4.21 Å². The summed E-state index contributed by atoms with van der Waals surface area (Å²) in [6.45, 7) is 5.19. The van der Waals surface area contributed by atoms with Gasteiger partial charge in [0.25, 0.3) is 0 Å². The average molecular weight is 167 g/mol. The molecule has 0 aliphatic heterocycles. The molecule has 1 unspecified atom stereocenters. The third-order valence-corrected chi connectivity index (χ3v) is 2.25. The van der Waals surface area contributed by atoms with Gasteiger partial charge in [0.15, 0.2) is 11.0 Å². The van der Waals surface area contributed by atoms with Crippen molar-refractivity contribution >= 4 is 17.7 Å². The number of nitrogens with zero attached hydrogens (tertiary/aromatic N) is 1. The van der Waals surface area contributed by atoms with E-state index < -0.39 is 11.0 Å². The van der Waals surface area contributed by atoms with Crippen LogP contribution in [0.3, 0.4) is 0 Å². The van der Waals surface area contributed by atoms with E-state index in [4.69, 9.17) is 0 Å². The highest BCUT2D eigenvalue weighted by Crippen LogP contribution is 2.07. The molecular weight excluding hydrogens is 158 g/mol. The van der Waals surface area contributed by atoms with Crippen LogP contribution >= 0.6 is 0 Å². The molecule has 1 rings (SSSR count). The maximum atomic E-state index is 11.0. The fourth-order valence-corrected chi connectivity index (χ4v) is 1.25. The Kier molecular flexibility index (Phi) is 2.54. The molecule has 1 aromatic rings. The Bertz CT molecular complexity index is 279. The van der Waals surface area contributed by atoms with Crippen LogP contribution in [0, 0.1) is 6.92 Å². The smallest absolute Gasteiger partial charge is 0.171 e. The van der Waals surface area contributed by atoms with E-state index in [2.05, 4.69) is 11.1 Å². The minimum absolute atomic E-state index is 0.700. The van der Waals surface area contributed by atoms with E-state index in [1.54, 1.807) is 12.1 Å². The first-order valence-electron chi connectivity index (χ1n) is 3.19. The summed E-state index contributed by atoms with van der Waals surface area (Å²) in [5.74, 6) is 0. The quantitative estimate of drug-likeness (QED) is 0.617. The molecule has 0 radical (unpaired) electrons. The van der Waals surface area contributed by atoms with Gasteiger partial charge >= 0.3 is 0 Å². The van der Waals surface area contributed by atoms with Gasteiger partial charge < -0.3 is 0 Å². The van der Waals surface area contributed by atoms with Crippen LogP contribution in [-0.2, 0) is 11.0 Å². The maximum absolute atomic E-state index is 11.0. The molecule has 0 aliphatic rings. The summed E-state index contributed by atoms with van der Waals surface area (Å²) in [5.41, 5.74) is 1.15. The van der Waals surface area contributed by atoms with Gasteiger partial charge in [-0.15, -0.1) is 0 Å². The predicted molar refractivity (Wildman–Crippen MR) is 47.1 cm³/mol. The molecule has 0 amide bonds. The van der Waals surface area contributed by atoms with Crippen LogP contribution in [0.25, 0.3) is 0 Å². The van der Waals surface area contributed by atoms with E-state index in [-0.39, 0.29) is 0 Å². The first kappa shape index (κ1) is 8.14. The fourth-order valence-electron chi connectivity index (χ4n) is 0.729. The third-order valence-electron chi connectivity index (χ3n) is 1.34. The number of rotatable bonds is 2. The highest BCUT2D eigenvalue weighted by atomic mass is 32.2. The number of aryl methyl sites for hydroxylation is 1. The fraction of sp³-hybridized carbons (Fsp3) is 0.125. The zero-order valence-corrected chi connectivity index (χ0v) is 7.10. The Morgan fingerprint density at radius 3 is 2.36 bits per heavy atom. The van der Waals surface area contributed by atoms with E-state index in [0.29, 0.717) is 4.90 Å². The Labute approximate surface area is 68.6 Å². The first-order chi connectivity index (χ1) is 5.24. The molecule has 0 saturated carbocycles. The number of hydrogen-bond donors (Lipinski definition) is 0. The SMILES string of the molecule is C=NS(=O)c1ccc(C)cc1. The average Bonchev–Trinajstić information content (AvgIpc) is 2.05.